The number of hydrogen-bond acceptors (Lipinski definition) is 1. The smallest absolute Gasteiger partial charge is 0.212 e. The molecule has 0 saturated carbocycles. The second kappa shape index (κ2) is 18.1. The molecular formula is C71H56N4. The van der Waals surface area contributed by atoms with Crippen LogP contribution in [0.5, 0.6) is 0 Å². The van der Waals surface area contributed by atoms with E-state index in [0.29, 0.717) is 11.3 Å². The third kappa shape index (κ3) is 7.90. The molecule has 0 unspecified atom stereocenters. The van der Waals surface area contributed by atoms with E-state index < -0.39 is 0 Å². The Morgan fingerprint density at radius 3 is 0.987 bits per heavy atom. The molecule has 0 spiro atoms. The summed E-state index contributed by atoms with van der Waals surface area (Å²) < 4.78 is 4.74. The predicted molar refractivity (Wildman–Crippen MR) is 316 cm³/mol. The first kappa shape index (κ1) is 46.8. The highest BCUT2D eigenvalue weighted by molar-refractivity contribution is 6.14. The van der Waals surface area contributed by atoms with E-state index in [-0.39, 0.29) is 0 Å². The van der Waals surface area contributed by atoms with Crippen molar-refractivity contribution in [2.45, 2.75) is 62.3 Å². The van der Waals surface area contributed by atoms with Crippen LogP contribution in [0.3, 0.4) is 0 Å². The minimum Gasteiger partial charge on any atom is -0.319 e. The molecule has 10 aromatic carbocycles. The molecule has 2 aromatic heterocycles. The lowest BCUT2D eigenvalue weighted by Gasteiger charge is -2.21. The SMILES string of the molecule is [C-]#[N+]c1cc(-n2c3cc(-c4ccc(C)cc4C)ccc3c3ccc(-c4ccc(C)cc4C)cc32)c(-c2ccc(C#N)cc2C)cc1-n1c2cc(-c3ccc(C)cc3C)ccc2c2ccc(-c3ccc(C)cc3C)cc21. The molecule has 360 valence electrons. The van der Waals surface area contributed by atoms with Crippen LogP contribution in [0.25, 0.3) is 115 Å². The van der Waals surface area contributed by atoms with Crippen LogP contribution >= 0.6 is 0 Å². The second-order valence-corrected chi connectivity index (χ2v) is 21.0. The fraction of sp³-hybridized carbons (Fsp3) is 0.127. The number of benzene rings is 10. The molecular weight excluding hydrogens is 909 g/mol. The first-order valence-corrected chi connectivity index (χ1v) is 25.8. The molecule has 0 atom stereocenters. The number of nitrogens with zero attached hydrogens (tertiary/aromatic N) is 4. The lowest BCUT2D eigenvalue weighted by atomic mass is 9.95. The summed E-state index contributed by atoms with van der Waals surface area (Å²) in [5.74, 6) is 0. The number of aromatic nitrogens is 2. The van der Waals surface area contributed by atoms with E-state index >= 15 is 0 Å². The van der Waals surface area contributed by atoms with Crippen LogP contribution in [0, 0.1) is 80.2 Å². The van der Waals surface area contributed by atoms with Gasteiger partial charge in [0.1, 0.15) is 0 Å². The van der Waals surface area contributed by atoms with Gasteiger partial charge in [-0.1, -0.05) is 150 Å². The summed E-state index contributed by atoms with van der Waals surface area (Å²) >= 11 is 0. The van der Waals surface area contributed by atoms with Gasteiger partial charge in [-0.05, 0) is 189 Å². The van der Waals surface area contributed by atoms with Gasteiger partial charge in [-0.3, -0.25) is 0 Å². The molecule has 0 aliphatic heterocycles. The molecule has 0 saturated heterocycles. The zero-order valence-corrected chi connectivity index (χ0v) is 44.0. The first-order chi connectivity index (χ1) is 36.3. The molecule has 12 rings (SSSR count). The van der Waals surface area contributed by atoms with E-state index in [0.717, 1.165) is 93.9 Å². The number of aryl methyl sites for hydroxylation is 9. The van der Waals surface area contributed by atoms with Crippen LogP contribution in [0.4, 0.5) is 5.69 Å². The van der Waals surface area contributed by atoms with Crippen LogP contribution in [-0.4, -0.2) is 9.13 Å². The highest BCUT2D eigenvalue weighted by atomic mass is 15.0. The second-order valence-electron chi connectivity index (χ2n) is 21.0. The van der Waals surface area contributed by atoms with Crippen LogP contribution in [0.15, 0.2) is 176 Å². The topological polar surface area (TPSA) is 38.0 Å². The van der Waals surface area contributed by atoms with Gasteiger partial charge in [0, 0.05) is 32.8 Å². The van der Waals surface area contributed by atoms with Crippen molar-refractivity contribution in [3.63, 3.8) is 0 Å². The molecule has 75 heavy (non-hydrogen) atoms. The molecule has 12 aromatic rings. The Bertz CT molecular complexity index is 4260. The van der Waals surface area contributed by atoms with Crippen molar-refractivity contribution < 1.29 is 0 Å². The maximum Gasteiger partial charge on any atom is 0.212 e. The first-order valence-electron chi connectivity index (χ1n) is 25.8. The average Bonchev–Trinajstić information content (AvgIpc) is 3.89. The summed E-state index contributed by atoms with van der Waals surface area (Å²) in [5.41, 5.74) is 28.8. The zero-order valence-electron chi connectivity index (χ0n) is 44.0. The minimum atomic E-state index is 0.527. The van der Waals surface area contributed by atoms with Gasteiger partial charge in [-0.25, -0.2) is 4.85 Å². The summed E-state index contributed by atoms with van der Waals surface area (Å²) in [6, 6.07) is 66.8. The van der Waals surface area contributed by atoms with Crippen molar-refractivity contribution in [2.75, 3.05) is 0 Å². The van der Waals surface area contributed by atoms with Crippen molar-refractivity contribution in [1.82, 2.24) is 9.13 Å². The van der Waals surface area contributed by atoms with Crippen molar-refractivity contribution in [2.24, 2.45) is 0 Å². The molecule has 4 heteroatoms. The van der Waals surface area contributed by atoms with Crippen molar-refractivity contribution >= 4 is 49.3 Å². The Balaban J connectivity index is 1.22. The van der Waals surface area contributed by atoms with Gasteiger partial charge < -0.3 is 9.13 Å². The van der Waals surface area contributed by atoms with Crippen molar-refractivity contribution in [1.29, 1.82) is 5.26 Å². The molecule has 0 radical (unpaired) electrons. The number of hydrogen-bond donors (Lipinski definition) is 0. The molecule has 0 aliphatic rings. The lowest BCUT2D eigenvalue weighted by molar-refractivity contribution is 1.15. The van der Waals surface area contributed by atoms with Gasteiger partial charge in [0.05, 0.1) is 46.0 Å². The minimum absolute atomic E-state index is 0.527. The Morgan fingerprint density at radius 2 is 0.667 bits per heavy atom. The van der Waals surface area contributed by atoms with Crippen molar-refractivity contribution in [3.05, 3.63) is 243 Å². The van der Waals surface area contributed by atoms with Gasteiger partial charge in [0.25, 0.3) is 0 Å². The third-order valence-electron chi connectivity index (χ3n) is 15.6. The predicted octanol–water partition coefficient (Wildman–Crippen LogP) is 19.4. The molecule has 0 fully saturated rings. The molecule has 2 heterocycles. The van der Waals surface area contributed by atoms with E-state index in [1.54, 1.807) is 0 Å². The van der Waals surface area contributed by atoms with Crippen LogP contribution in [0.1, 0.15) is 55.6 Å². The maximum absolute atomic E-state index is 10.2. The standard InChI is InChI=1S/C71H56N4/c1-41-11-20-55(45(5)29-41)51-16-25-60-61-26-17-52(56-21-12-42(2)30-46(56)6)35-67(61)74(66(60)34-51)70-39-65(73-10)71(38-64(70)59-24-15-50(40-72)33-49(59)9)75-68-36-53(57-22-13-43(3)31-47(57)7)18-27-62(68)63-28-19-54(37-69(63)75)58-23-14-44(4)32-48(58)8/h11-39H,1-9H3. The van der Waals surface area contributed by atoms with Gasteiger partial charge in [0.2, 0.25) is 5.69 Å². The Hall–Kier alpha value is -9.22. The number of fused-ring (bicyclic) bond motifs is 6. The summed E-state index contributed by atoms with van der Waals surface area (Å²) in [4.78, 5) is 4.51. The third-order valence-corrected chi connectivity index (χ3v) is 15.6. The maximum atomic E-state index is 10.2. The highest BCUT2D eigenvalue weighted by Crippen LogP contribution is 2.46. The molecule has 4 nitrogen and oxygen atoms in total. The van der Waals surface area contributed by atoms with Gasteiger partial charge in [-0.15, -0.1) is 0 Å². The Morgan fingerprint density at radius 1 is 0.333 bits per heavy atom. The van der Waals surface area contributed by atoms with Gasteiger partial charge >= 0.3 is 0 Å². The highest BCUT2D eigenvalue weighted by Gasteiger charge is 2.25. The lowest BCUT2D eigenvalue weighted by Crippen LogP contribution is -2.03. The fourth-order valence-corrected chi connectivity index (χ4v) is 12.0. The molecule has 0 aliphatic carbocycles. The summed E-state index contributed by atoms with van der Waals surface area (Å²) in [6.45, 7) is 28.6. The fourth-order valence-electron chi connectivity index (χ4n) is 12.0. The largest absolute Gasteiger partial charge is 0.319 e. The quantitative estimate of drug-likeness (QED) is 0.147. The number of rotatable bonds is 7. The van der Waals surface area contributed by atoms with E-state index in [9.17, 15) is 11.8 Å². The molecule has 0 amide bonds. The Kier molecular flexibility index (Phi) is 11.3. The Labute approximate surface area is 439 Å². The molecule has 0 N–H and O–H groups in total. The van der Waals surface area contributed by atoms with Gasteiger partial charge in [0.15, 0.2) is 0 Å². The molecule has 0 bridgehead atoms. The summed E-state index contributed by atoms with van der Waals surface area (Å²) in [6.07, 6.45) is 0. The van der Waals surface area contributed by atoms with Crippen LogP contribution in [-0.2, 0) is 0 Å². The van der Waals surface area contributed by atoms with E-state index in [1.807, 2.05) is 12.1 Å². The summed E-state index contributed by atoms with van der Waals surface area (Å²) in [5, 5.41) is 14.7. The van der Waals surface area contributed by atoms with Crippen LogP contribution < -0.4 is 0 Å². The number of nitriles is 1. The summed E-state index contributed by atoms with van der Waals surface area (Å²) in [7, 11) is 0. The van der Waals surface area contributed by atoms with Crippen LogP contribution in [0.2, 0.25) is 0 Å². The van der Waals surface area contributed by atoms with Crippen molar-refractivity contribution in [3.8, 4) is 73.1 Å². The normalized spacial score (nSPS) is 11.5. The monoisotopic (exact) mass is 964 g/mol. The zero-order chi connectivity index (χ0) is 52.0. The van der Waals surface area contributed by atoms with Gasteiger partial charge in [-0.2, -0.15) is 5.26 Å². The average molecular weight is 965 g/mol. The van der Waals surface area contributed by atoms with E-state index in [2.05, 4.69) is 246 Å². The van der Waals surface area contributed by atoms with E-state index in [4.69, 9.17) is 0 Å². The van der Waals surface area contributed by atoms with E-state index in [1.165, 1.54) is 66.8 Å².